The molecule has 1 atom stereocenters. The first-order valence-electron chi connectivity index (χ1n) is 8.51. The van der Waals surface area contributed by atoms with Crippen LogP contribution in [0.2, 0.25) is 0 Å². The number of benzene rings is 1. The highest BCUT2D eigenvalue weighted by Gasteiger charge is 2.29. The van der Waals surface area contributed by atoms with E-state index in [-0.39, 0.29) is 23.1 Å². The second kappa shape index (κ2) is 7.00. The van der Waals surface area contributed by atoms with Crippen LogP contribution in [0.3, 0.4) is 0 Å². The second-order valence-corrected chi connectivity index (χ2v) is 7.39. The van der Waals surface area contributed by atoms with Crippen LogP contribution in [-0.4, -0.2) is 15.9 Å². The van der Waals surface area contributed by atoms with Gasteiger partial charge in [-0.25, -0.2) is 0 Å². The molecule has 1 aliphatic rings. The topological polar surface area (TPSA) is 101 Å². The molecule has 1 aliphatic heterocycles. The Morgan fingerprint density at radius 2 is 2.04 bits per heavy atom. The lowest BCUT2D eigenvalue weighted by atomic mass is 9.96. The maximum atomic E-state index is 12.3. The number of nitrogen functional groups attached to an aromatic ring is 1. The van der Waals surface area contributed by atoms with E-state index < -0.39 is 0 Å². The standard InChI is InChI=1S/C20H17BrN4O2/c21-15-2-1-5-23-18(15)9-17-14-7-11(3-4-13(14)20(27)25-17)6-12-8-19(26)16(22)10-24-12/h1-5,7-8,10,17H,6,9,22H2,(H,24,26)(H,25,27). The number of rotatable bonds is 4. The number of nitrogens with zero attached hydrogens (tertiary/aromatic N) is 1. The number of nitrogens with two attached hydrogens (primary N) is 1. The fourth-order valence-corrected chi connectivity index (χ4v) is 3.72. The number of carbonyl (C=O) groups excluding carboxylic acids is 1. The van der Waals surface area contributed by atoms with Gasteiger partial charge in [0.25, 0.3) is 5.91 Å². The van der Waals surface area contributed by atoms with E-state index in [1.165, 1.54) is 12.3 Å². The van der Waals surface area contributed by atoms with Crippen molar-refractivity contribution >= 4 is 27.5 Å². The Morgan fingerprint density at radius 3 is 2.81 bits per heavy atom. The van der Waals surface area contributed by atoms with Crippen molar-refractivity contribution in [1.29, 1.82) is 0 Å². The first-order chi connectivity index (χ1) is 13.0. The van der Waals surface area contributed by atoms with Gasteiger partial charge in [0.05, 0.1) is 17.4 Å². The summed E-state index contributed by atoms with van der Waals surface area (Å²) in [6.45, 7) is 0. The molecular formula is C20H17BrN4O2. The summed E-state index contributed by atoms with van der Waals surface area (Å²) in [4.78, 5) is 31.5. The zero-order valence-electron chi connectivity index (χ0n) is 14.3. The van der Waals surface area contributed by atoms with Gasteiger partial charge in [-0.05, 0) is 45.3 Å². The highest BCUT2D eigenvalue weighted by Crippen LogP contribution is 2.30. The molecule has 7 heteroatoms. The molecule has 27 heavy (non-hydrogen) atoms. The number of nitrogens with one attached hydrogen (secondary N) is 2. The van der Waals surface area contributed by atoms with Crippen molar-refractivity contribution in [2.24, 2.45) is 0 Å². The van der Waals surface area contributed by atoms with Gasteiger partial charge in [-0.15, -0.1) is 0 Å². The summed E-state index contributed by atoms with van der Waals surface area (Å²) >= 11 is 3.51. The summed E-state index contributed by atoms with van der Waals surface area (Å²) in [5, 5.41) is 3.03. The Balaban J connectivity index is 1.63. The summed E-state index contributed by atoms with van der Waals surface area (Å²) in [5.74, 6) is -0.0745. The maximum absolute atomic E-state index is 12.3. The smallest absolute Gasteiger partial charge is 0.252 e. The Bertz CT molecular complexity index is 1090. The number of amides is 1. The third kappa shape index (κ3) is 3.50. The van der Waals surface area contributed by atoms with E-state index in [1.54, 1.807) is 6.20 Å². The molecule has 2 aromatic heterocycles. The summed E-state index contributed by atoms with van der Waals surface area (Å²) in [6, 6.07) is 10.9. The van der Waals surface area contributed by atoms with Crippen molar-refractivity contribution in [3.05, 3.63) is 91.6 Å². The van der Waals surface area contributed by atoms with Crippen LogP contribution < -0.4 is 16.5 Å². The Morgan fingerprint density at radius 1 is 1.19 bits per heavy atom. The molecule has 4 N–H and O–H groups in total. The third-order valence-corrected chi connectivity index (χ3v) is 5.39. The van der Waals surface area contributed by atoms with E-state index in [9.17, 15) is 9.59 Å². The van der Waals surface area contributed by atoms with Gasteiger partial charge < -0.3 is 16.0 Å². The number of fused-ring (bicyclic) bond motifs is 1. The van der Waals surface area contributed by atoms with E-state index in [2.05, 4.69) is 31.2 Å². The van der Waals surface area contributed by atoms with Crippen LogP contribution in [0.1, 0.15) is 38.9 Å². The number of pyridine rings is 2. The van der Waals surface area contributed by atoms with E-state index in [0.717, 1.165) is 27.0 Å². The Hall–Kier alpha value is -2.93. The van der Waals surface area contributed by atoms with Crippen molar-refractivity contribution < 1.29 is 4.79 Å². The highest BCUT2D eigenvalue weighted by atomic mass is 79.9. The van der Waals surface area contributed by atoms with Crippen molar-refractivity contribution in [2.75, 3.05) is 5.73 Å². The molecule has 0 spiro atoms. The Labute approximate surface area is 164 Å². The Kier molecular flexibility index (Phi) is 4.53. The zero-order valence-corrected chi connectivity index (χ0v) is 15.9. The van der Waals surface area contributed by atoms with Crippen LogP contribution in [0.4, 0.5) is 5.69 Å². The van der Waals surface area contributed by atoms with Crippen LogP contribution >= 0.6 is 15.9 Å². The van der Waals surface area contributed by atoms with Crippen LogP contribution in [0.25, 0.3) is 0 Å². The average Bonchev–Trinajstić information content (AvgIpc) is 2.95. The van der Waals surface area contributed by atoms with Crippen molar-refractivity contribution in [3.63, 3.8) is 0 Å². The molecule has 1 unspecified atom stereocenters. The largest absolute Gasteiger partial charge is 0.394 e. The predicted molar refractivity (Wildman–Crippen MR) is 107 cm³/mol. The van der Waals surface area contributed by atoms with Gasteiger partial charge in [0, 0.05) is 47.0 Å². The molecule has 6 nitrogen and oxygen atoms in total. The minimum atomic E-state index is -0.195. The second-order valence-electron chi connectivity index (χ2n) is 6.54. The summed E-state index contributed by atoms with van der Waals surface area (Å²) in [7, 11) is 0. The van der Waals surface area contributed by atoms with E-state index >= 15 is 0 Å². The van der Waals surface area contributed by atoms with Crippen LogP contribution in [-0.2, 0) is 12.8 Å². The minimum absolute atomic E-state index is 0.0745. The molecule has 4 rings (SSSR count). The van der Waals surface area contributed by atoms with Gasteiger partial charge in [0.15, 0.2) is 0 Å². The lowest BCUT2D eigenvalue weighted by Crippen LogP contribution is -2.21. The van der Waals surface area contributed by atoms with Crippen molar-refractivity contribution in [1.82, 2.24) is 15.3 Å². The third-order valence-electron chi connectivity index (χ3n) is 4.67. The monoisotopic (exact) mass is 424 g/mol. The number of anilines is 1. The minimum Gasteiger partial charge on any atom is -0.394 e. The van der Waals surface area contributed by atoms with Gasteiger partial charge >= 0.3 is 0 Å². The molecule has 0 bridgehead atoms. The maximum Gasteiger partial charge on any atom is 0.252 e. The predicted octanol–water partition coefficient (Wildman–Crippen LogP) is 2.73. The average molecular weight is 425 g/mol. The molecule has 1 amide bonds. The molecule has 0 saturated heterocycles. The lowest BCUT2D eigenvalue weighted by molar-refractivity contribution is 0.0956. The molecule has 3 heterocycles. The number of aromatic nitrogens is 2. The van der Waals surface area contributed by atoms with Gasteiger partial charge in [-0.2, -0.15) is 0 Å². The fraction of sp³-hybridized carbons (Fsp3) is 0.150. The quantitative estimate of drug-likeness (QED) is 0.599. The molecule has 0 radical (unpaired) electrons. The SMILES string of the molecule is Nc1c[nH]c(Cc2ccc3c(c2)C(Cc2ncccc2Br)NC3=O)cc1=O. The number of hydrogen-bond acceptors (Lipinski definition) is 4. The van der Waals surface area contributed by atoms with Crippen LogP contribution in [0.5, 0.6) is 0 Å². The summed E-state index contributed by atoms with van der Waals surface area (Å²) in [5.41, 5.74) is 9.89. The first-order valence-corrected chi connectivity index (χ1v) is 9.31. The van der Waals surface area contributed by atoms with E-state index in [0.29, 0.717) is 18.4 Å². The first kappa shape index (κ1) is 17.5. The molecule has 0 aliphatic carbocycles. The highest BCUT2D eigenvalue weighted by molar-refractivity contribution is 9.10. The normalized spacial score (nSPS) is 15.4. The van der Waals surface area contributed by atoms with E-state index in [4.69, 9.17) is 5.73 Å². The molecule has 136 valence electrons. The van der Waals surface area contributed by atoms with Gasteiger partial charge in [-0.1, -0.05) is 12.1 Å². The summed E-state index contributed by atoms with van der Waals surface area (Å²) < 4.78 is 0.920. The van der Waals surface area contributed by atoms with Crippen molar-refractivity contribution in [3.8, 4) is 0 Å². The fourth-order valence-electron chi connectivity index (χ4n) is 3.30. The number of aromatic amines is 1. The number of H-pyrrole nitrogens is 1. The van der Waals surface area contributed by atoms with Crippen LogP contribution in [0.15, 0.2) is 58.1 Å². The lowest BCUT2D eigenvalue weighted by Gasteiger charge is -2.13. The summed E-state index contributed by atoms with van der Waals surface area (Å²) in [6.07, 6.45) is 4.41. The van der Waals surface area contributed by atoms with E-state index in [1.807, 2.05) is 30.3 Å². The number of hydrogen-bond donors (Lipinski definition) is 3. The molecule has 3 aromatic rings. The number of carbonyl (C=O) groups is 1. The zero-order chi connectivity index (χ0) is 19.0. The van der Waals surface area contributed by atoms with Crippen molar-refractivity contribution in [2.45, 2.75) is 18.9 Å². The van der Waals surface area contributed by atoms with Gasteiger partial charge in [0.1, 0.15) is 0 Å². The molecule has 0 fully saturated rings. The molecular weight excluding hydrogens is 408 g/mol. The molecule has 1 aromatic carbocycles. The number of halogens is 1. The van der Waals surface area contributed by atoms with Gasteiger partial charge in [-0.3, -0.25) is 14.6 Å². The van der Waals surface area contributed by atoms with Crippen LogP contribution in [0, 0.1) is 0 Å². The van der Waals surface area contributed by atoms with Gasteiger partial charge in [0.2, 0.25) is 5.43 Å². The molecule has 0 saturated carbocycles.